The van der Waals surface area contributed by atoms with E-state index in [1.54, 1.807) is 12.4 Å². The van der Waals surface area contributed by atoms with Gasteiger partial charge in [0.15, 0.2) is 0 Å². The standard InChI is InChI=1S/C20H16N8/c21-2-1-20(7-14(8-20)9-22)28-13-17(12-26-28)18-5-15(16-10-24-25-11-16)6-19-23-3-4-27(18)19/h3-6,10-14H,1,7-8H2,(H,24,25)/t14-,20+. The number of rotatable bonds is 4. The van der Waals surface area contributed by atoms with Gasteiger partial charge in [-0.05, 0) is 30.5 Å². The van der Waals surface area contributed by atoms with E-state index in [-0.39, 0.29) is 11.5 Å². The molecule has 0 saturated heterocycles. The zero-order valence-electron chi connectivity index (χ0n) is 14.9. The number of nitriles is 2. The van der Waals surface area contributed by atoms with Crippen LogP contribution in [0.1, 0.15) is 19.3 Å². The van der Waals surface area contributed by atoms with Crippen LogP contribution in [0.25, 0.3) is 28.0 Å². The third-order valence-corrected chi connectivity index (χ3v) is 5.55. The normalized spacial score (nSPS) is 21.1. The highest BCUT2D eigenvalue weighted by molar-refractivity contribution is 5.74. The summed E-state index contributed by atoms with van der Waals surface area (Å²) < 4.78 is 3.88. The quantitative estimate of drug-likeness (QED) is 0.595. The Hall–Kier alpha value is -3.91. The molecule has 28 heavy (non-hydrogen) atoms. The molecule has 0 aromatic carbocycles. The second-order valence-corrected chi connectivity index (χ2v) is 7.24. The number of nitrogens with zero attached hydrogens (tertiary/aromatic N) is 7. The lowest BCUT2D eigenvalue weighted by molar-refractivity contribution is 0.0882. The Labute approximate surface area is 160 Å². The van der Waals surface area contributed by atoms with Gasteiger partial charge in [-0.15, -0.1) is 0 Å². The molecule has 1 saturated carbocycles. The maximum Gasteiger partial charge on any atom is 0.137 e. The molecule has 4 aromatic rings. The third-order valence-electron chi connectivity index (χ3n) is 5.55. The number of aromatic amines is 1. The van der Waals surface area contributed by atoms with Gasteiger partial charge in [-0.2, -0.15) is 20.7 Å². The fourth-order valence-electron chi connectivity index (χ4n) is 4.04. The molecule has 1 aliphatic carbocycles. The first-order chi connectivity index (χ1) is 13.7. The number of imidazole rings is 1. The topological polar surface area (TPSA) is 111 Å². The van der Waals surface area contributed by atoms with Gasteiger partial charge in [0.2, 0.25) is 0 Å². The molecule has 1 aliphatic rings. The predicted molar refractivity (Wildman–Crippen MR) is 101 cm³/mol. The lowest BCUT2D eigenvalue weighted by Crippen LogP contribution is -2.46. The molecule has 0 unspecified atom stereocenters. The molecular formula is C20H16N8. The molecule has 8 nitrogen and oxygen atoms in total. The molecule has 0 amide bonds. The van der Waals surface area contributed by atoms with Crippen molar-refractivity contribution < 1.29 is 0 Å². The Morgan fingerprint density at radius 2 is 2.07 bits per heavy atom. The van der Waals surface area contributed by atoms with Gasteiger partial charge in [-0.1, -0.05) is 0 Å². The summed E-state index contributed by atoms with van der Waals surface area (Å²) in [6.45, 7) is 0. The molecule has 8 heteroatoms. The van der Waals surface area contributed by atoms with Crippen molar-refractivity contribution in [1.82, 2.24) is 29.4 Å². The van der Waals surface area contributed by atoms with Crippen LogP contribution in [-0.2, 0) is 5.54 Å². The minimum atomic E-state index is -0.385. The van der Waals surface area contributed by atoms with Gasteiger partial charge in [0, 0.05) is 35.9 Å². The number of nitrogens with one attached hydrogen (secondary N) is 1. The lowest BCUT2D eigenvalue weighted by Gasteiger charge is -2.43. The zero-order chi connectivity index (χ0) is 19.1. The summed E-state index contributed by atoms with van der Waals surface area (Å²) in [4.78, 5) is 4.43. The highest BCUT2D eigenvalue weighted by Gasteiger charge is 2.46. The first kappa shape index (κ1) is 16.3. The van der Waals surface area contributed by atoms with Crippen LogP contribution in [0.3, 0.4) is 0 Å². The minimum absolute atomic E-state index is 0.00854. The van der Waals surface area contributed by atoms with Gasteiger partial charge in [0.1, 0.15) is 5.65 Å². The maximum absolute atomic E-state index is 9.27. The number of H-pyrrole nitrogens is 1. The van der Waals surface area contributed by atoms with Gasteiger partial charge in [-0.25, -0.2) is 4.98 Å². The number of fused-ring (bicyclic) bond motifs is 1. The number of hydrogen-bond donors (Lipinski definition) is 1. The van der Waals surface area contributed by atoms with Gasteiger partial charge >= 0.3 is 0 Å². The molecule has 1 fully saturated rings. The van der Waals surface area contributed by atoms with E-state index in [0.717, 1.165) is 28.0 Å². The van der Waals surface area contributed by atoms with Crippen LogP contribution < -0.4 is 0 Å². The summed E-state index contributed by atoms with van der Waals surface area (Å²) >= 11 is 0. The van der Waals surface area contributed by atoms with Crippen LogP contribution in [0.2, 0.25) is 0 Å². The van der Waals surface area contributed by atoms with Crippen LogP contribution in [0.5, 0.6) is 0 Å². The molecule has 0 radical (unpaired) electrons. The van der Waals surface area contributed by atoms with E-state index in [1.807, 2.05) is 39.9 Å². The first-order valence-electron chi connectivity index (χ1n) is 9.01. The van der Waals surface area contributed by atoms with Crippen molar-refractivity contribution in [2.75, 3.05) is 0 Å². The molecule has 4 aromatic heterocycles. The molecule has 136 valence electrons. The molecule has 4 heterocycles. The number of hydrogen-bond acceptors (Lipinski definition) is 5. The number of aromatic nitrogens is 6. The summed E-state index contributed by atoms with van der Waals surface area (Å²) in [5.74, 6) is -0.00854. The summed E-state index contributed by atoms with van der Waals surface area (Å²) in [5.41, 5.74) is 4.34. The predicted octanol–water partition coefficient (Wildman–Crippen LogP) is 3.13. The van der Waals surface area contributed by atoms with E-state index in [9.17, 15) is 5.26 Å². The Morgan fingerprint density at radius 1 is 1.18 bits per heavy atom. The smallest absolute Gasteiger partial charge is 0.137 e. The van der Waals surface area contributed by atoms with Crippen LogP contribution in [0.4, 0.5) is 0 Å². The van der Waals surface area contributed by atoms with Crippen molar-refractivity contribution in [2.24, 2.45) is 5.92 Å². The van der Waals surface area contributed by atoms with E-state index in [4.69, 9.17) is 5.26 Å². The van der Waals surface area contributed by atoms with E-state index in [0.29, 0.717) is 19.3 Å². The highest BCUT2D eigenvalue weighted by Crippen LogP contribution is 2.46. The van der Waals surface area contributed by atoms with Crippen molar-refractivity contribution in [1.29, 1.82) is 10.5 Å². The Kier molecular flexibility index (Phi) is 3.53. The van der Waals surface area contributed by atoms with Gasteiger partial charge in [0.25, 0.3) is 0 Å². The van der Waals surface area contributed by atoms with Gasteiger partial charge < -0.3 is 0 Å². The van der Waals surface area contributed by atoms with E-state index in [1.165, 1.54) is 0 Å². The molecule has 1 N–H and O–H groups in total. The maximum atomic E-state index is 9.27. The molecule has 0 atom stereocenters. The first-order valence-corrected chi connectivity index (χ1v) is 9.01. The van der Waals surface area contributed by atoms with Crippen LogP contribution in [0, 0.1) is 28.6 Å². The van der Waals surface area contributed by atoms with E-state index < -0.39 is 0 Å². The zero-order valence-corrected chi connectivity index (χ0v) is 14.9. The summed E-state index contributed by atoms with van der Waals surface area (Å²) in [6, 6.07) is 8.65. The highest BCUT2D eigenvalue weighted by atomic mass is 15.3. The summed E-state index contributed by atoms with van der Waals surface area (Å²) in [7, 11) is 0. The second-order valence-electron chi connectivity index (χ2n) is 7.24. The largest absolute Gasteiger partial charge is 0.300 e. The van der Waals surface area contributed by atoms with Crippen molar-refractivity contribution >= 4 is 5.65 Å². The fraction of sp³-hybridized carbons (Fsp3) is 0.250. The summed E-state index contributed by atoms with van der Waals surface area (Å²) in [5, 5.41) is 29.9. The number of pyridine rings is 1. The molecule has 0 aliphatic heterocycles. The molecule has 0 bridgehead atoms. The van der Waals surface area contributed by atoms with Crippen molar-refractivity contribution in [3.05, 3.63) is 49.3 Å². The van der Waals surface area contributed by atoms with Crippen LogP contribution in [-0.4, -0.2) is 29.4 Å². The van der Waals surface area contributed by atoms with Gasteiger partial charge in [-0.3, -0.25) is 14.2 Å². The minimum Gasteiger partial charge on any atom is -0.300 e. The van der Waals surface area contributed by atoms with Crippen LogP contribution in [0.15, 0.2) is 49.3 Å². The Morgan fingerprint density at radius 3 is 2.82 bits per heavy atom. The second kappa shape index (κ2) is 6.07. The van der Waals surface area contributed by atoms with E-state index >= 15 is 0 Å². The van der Waals surface area contributed by atoms with Gasteiger partial charge in [0.05, 0.1) is 48.1 Å². The summed E-state index contributed by atoms with van der Waals surface area (Å²) in [6.07, 6.45) is 12.8. The van der Waals surface area contributed by atoms with E-state index in [2.05, 4.69) is 38.5 Å². The molecule has 0 spiro atoms. The SMILES string of the molecule is N#CC[C@]1(n2cc(-c3cc(-c4cn[nH]c4)cc4nccn34)cn2)C[C@@H](C#N)C1. The lowest BCUT2D eigenvalue weighted by atomic mass is 9.67. The van der Waals surface area contributed by atoms with Crippen molar-refractivity contribution in [3.63, 3.8) is 0 Å². The fourth-order valence-corrected chi connectivity index (χ4v) is 4.04. The van der Waals surface area contributed by atoms with Crippen molar-refractivity contribution in [3.8, 4) is 34.5 Å². The average Bonchev–Trinajstić information content (AvgIpc) is 3.44. The van der Waals surface area contributed by atoms with Crippen LogP contribution >= 0.6 is 0 Å². The Bertz CT molecular complexity index is 1230. The molecular weight excluding hydrogens is 352 g/mol. The Balaban J connectivity index is 1.60. The van der Waals surface area contributed by atoms with Crippen molar-refractivity contribution in [2.45, 2.75) is 24.8 Å². The average molecular weight is 368 g/mol. The third kappa shape index (κ3) is 2.39. The monoisotopic (exact) mass is 368 g/mol. The molecule has 5 rings (SSSR count).